The highest BCUT2D eigenvalue weighted by molar-refractivity contribution is 7.89. The van der Waals surface area contributed by atoms with E-state index in [1.807, 2.05) is 0 Å². The fraction of sp³-hybridized carbons (Fsp3) is 0.500. The van der Waals surface area contributed by atoms with Crippen LogP contribution in [0.4, 0.5) is 4.39 Å². The molecule has 100 valence electrons. The van der Waals surface area contributed by atoms with Crippen molar-refractivity contribution in [3.63, 3.8) is 0 Å². The lowest BCUT2D eigenvalue weighted by Crippen LogP contribution is -2.31. The summed E-state index contributed by atoms with van der Waals surface area (Å²) in [5.74, 6) is -0.516. The van der Waals surface area contributed by atoms with Gasteiger partial charge in [-0.15, -0.1) is 0 Å². The third kappa shape index (κ3) is 2.28. The van der Waals surface area contributed by atoms with Crippen molar-refractivity contribution in [1.82, 2.24) is 4.31 Å². The molecule has 0 bridgehead atoms. The standard InChI is InChI=1S/C12H17FN2O2S/c1-9-3-2-4-11(13)12(9)18(16,17)15-6-5-10(7-14)8-15/h2-4,10H,5-8,14H2,1H3. The van der Waals surface area contributed by atoms with E-state index in [9.17, 15) is 12.8 Å². The van der Waals surface area contributed by atoms with Gasteiger partial charge in [0.25, 0.3) is 0 Å². The summed E-state index contributed by atoms with van der Waals surface area (Å²) in [4.78, 5) is -0.206. The van der Waals surface area contributed by atoms with Crippen molar-refractivity contribution in [1.29, 1.82) is 0 Å². The lowest BCUT2D eigenvalue weighted by molar-refractivity contribution is 0.452. The first kappa shape index (κ1) is 13.5. The van der Waals surface area contributed by atoms with E-state index in [4.69, 9.17) is 5.73 Å². The minimum absolute atomic E-state index is 0.173. The number of aryl methyl sites for hydroxylation is 1. The van der Waals surface area contributed by atoms with Crippen molar-refractivity contribution >= 4 is 10.0 Å². The molecule has 0 aromatic heterocycles. The summed E-state index contributed by atoms with van der Waals surface area (Å²) in [5.41, 5.74) is 5.98. The number of sulfonamides is 1. The molecular formula is C12H17FN2O2S. The maximum atomic E-state index is 13.7. The molecule has 0 spiro atoms. The van der Waals surface area contributed by atoms with Crippen LogP contribution < -0.4 is 5.73 Å². The van der Waals surface area contributed by atoms with E-state index >= 15 is 0 Å². The zero-order valence-corrected chi connectivity index (χ0v) is 11.1. The average molecular weight is 272 g/mol. The molecule has 0 aliphatic carbocycles. The highest BCUT2D eigenvalue weighted by Gasteiger charge is 2.34. The second kappa shape index (κ2) is 4.95. The molecular weight excluding hydrogens is 255 g/mol. The van der Waals surface area contributed by atoms with Gasteiger partial charge >= 0.3 is 0 Å². The highest BCUT2D eigenvalue weighted by Crippen LogP contribution is 2.27. The van der Waals surface area contributed by atoms with Gasteiger partial charge in [0.05, 0.1) is 0 Å². The Morgan fingerprint density at radius 2 is 2.22 bits per heavy atom. The fourth-order valence-corrected chi connectivity index (χ4v) is 4.08. The van der Waals surface area contributed by atoms with Crippen molar-refractivity contribution in [2.45, 2.75) is 18.2 Å². The zero-order chi connectivity index (χ0) is 13.3. The quantitative estimate of drug-likeness (QED) is 0.896. The van der Waals surface area contributed by atoms with E-state index < -0.39 is 15.8 Å². The molecule has 0 radical (unpaired) electrons. The van der Waals surface area contributed by atoms with E-state index in [0.717, 1.165) is 6.42 Å². The summed E-state index contributed by atoms with van der Waals surface area (Å²) < 4.78 is 39.8. The van der Waals surface area contributed by atoms with Crippen LogP contribution in [0.1, 0.15) is 12.0 Å². The van der Waals surface area contributed by atoms with Crippen molar-refractivity contribution in [3.05, 3.63) is 29.6 Å². The van der Waals surface area contributed by atoms with Gasteiger partial charge in [-0.2, -0.15) is 4.31 Å². The minimum atomic E-state index is -3.74. The largest absolute Gasteiger partial charge is 0.330 e. The van der Waals surface area contributed by atoms with Crippen LogP contribution in [0.15, 0.2) is 23.1 Å². The van der Waals surface area contributed by atoms with Gasteiger partial charge in [0.2, 0.25) is 10.0 Å². The lowest BCUT2D eigenvalue weighted by atomic mass is 10.1. The molecule has 0 amide bonds. The molecule has 4 nitrogen and oxygen atoms in total. The summed E-state index contributed by atoms with van der Waals surface area (Å²) in [7, 11) is -3.74. The minimum Gasteiger partial charge on any atom is -0.330 e. The SMILES string of the molecule is Cc1cccc(F)c1S(=O)(=O)N1CCC(CN)C1. The third-order valence-corrected chi connectivity index (χ3v) is 5.39. The molecule has 1 saturated heterocycles. The predicted octanol–water partition coefficient (Wildman–Crippen LogP) is 1.10. The third-order valence-electron chi connectivity index (χ3n) is 3.34. The van der Waals surface area contributed by atoms with Gasteiger partial charge in [0.15, 0.2) is 0 Å². The van der Waals surface area contributed by atoms with E-state index in [1.54, 1.807) is 13.0 Å². The number of nitrogens with zero attached hydrogens (tertiary/aromatic N) is 1. The summed E-state index contributed by atoms with van der Waals surface area (Å²) in [6.07, 6.45) is 0.739. The topological polar surface area (TPSA) is 63.4 Å². The normalized spacial score (nSPS) is 21.4. The monoisotopic (exact) mass is 272 g/mol. The zero-order valence-electron chi connectivity index (χ0n) is 10.3. The molecule has 0 saturated carbocycles. The summed E-state index contributed by atoms with van der Waals surface area (Å²) >= 11 is 0. The Morgan fingerprint density at radius 1 is 1.50 bits per heavy atom. The summed E-state index contributed by atoms with van der Waals surface area (Å²) in [5, 5.41) is 0. The van der Waals surface area contributed by atoms with Crippen molar-refractivity contribution < 1.29 is 12.8 Å². The van der Waals surface area contributed by atoms with Crippen LogP contribution in [0.2, 0.25) is 0 Å². The van der Waals surface area contributed by atoms with Gasteiger partial charge in [-0.3, -0.25) is 0 Å². The fourth-order valence-electron chi connectivity index (χ4n) is 2.28. The van der Waals surface area contributed by atoms with E-state index in [1.165, 1.54) is 16.4 Å². The molecule has 1 atom stereocenters. The first-order valence-electron chi connectivity index (χ1n) is 5.92. The Balaban J connectivity index is 2.38. The van der Waals surface area contributed by atoms with Gasteiger partial charge in [-0.05, 0) is 37.4 Å². The molecule has 1 aromatic rings. The Labute approximate surface area is 107 Å². The molecule has 6 heteroatoms. The van der Waals surface area contributed by atoms with Crippen LogP contribution in [0.25, 0.3) is 0 Å². The molecule has 1 heterocycles. The van der Waals surface area contributed by atoms with E-state index in [-0.39, 0.29) is 10.8 Å². The van der Waals surface area contributed by atoms with Crippen molar-refractivity contribution in [2.75, 3.05) is 19.6 Å². The maximum absolute atomic E-state index is 13.7. The van der Waals surface area contributed by atoms with E-state index in [2.05, 4.69) is 0 Å². The maximum Gasteiger partial charge on any atom is 0.246 e. The Bertz CT molecular complexity index is 525. The second-order valence-corrected chi connectivity index (χ2v) is 6.51. The molecule has 2 rings (SSSR count). The van der Waals surface area contributed by atoms with Crippen LogP contribution in [-0.2, 0) is 10.0 Å². The predicted molar refractivity (Wildman–Crippen MR) is 67.1 cm³/mol. The first-order chi connectivity index (χ1) is 8.46. The number of hydrogen-bond donors (Lipinski definition) is 1. The van der Waals surface area contributed by atoms with Crippen LogP contribution in [0, 0.1) is 18.7 Å². The van der Waals surface area contributed by atoms with Crippen molar-refractivity contribution in [2.24, 2.45) is 11.7 Å². The first-order valence-corrected chi connectivity index (χ1v) is 7.36. The van der Waals surface area contributed by atoms with Crippen molar-refractivity contribution in [3.8, 4) is 0 Å². The number of benzene rings is 1. The highest BCUT2D eigenvalue weighted by atomic mass is 32.2. The lowest BCUT2D eigenvalue weighted by Gasteiger charge is -2.18. The molecule has 1 aromatic carbocycles. The molecule has 2 N–H and O–H groups in total. The molecule has 1 aliphatic heterocycles. The van der Waals surface area contributed by atoms with Crippen LogP contribution in [0.3, 0.4) is 0 Å². The summed E-state index contributed by atoms with van der Waals surface area (Å²) in [6.45, 7) is 2.86. The molecule has 1 unspecified atom stereocenters. The number of nitrogens with two attached hydrogens (primary N) is 1. The second-order valence-electron chi connectivity index (χ2n) is 4.64. The summed E-state index contributed by atoms with van der Waals surface area (Å²) in [6, 6.07) is 4.29. The Kier molecular flexibility index (Phi) is 3.70. The Hall–Kier alpha value is -0.980. The molecule has 1 aliphatic rings. The van der Waals surface area contributed by atoms with Gasteiger partial charge < -0.3 is 5.73 Å². The van der Waals surface area contributed by atoms with Gasteiger partial charge in [0.1, 0.15) is 10.7 Å². The van der Waals surface area contributed by atoms with E-state index in [0.29, 0.717) is 25.2 Å². The van der Waals surface area contributed by atoms with Crippen LogP contribution in [0.5, 0.6) is 0 Å². The van der Waals surface area contributed by atoms with Crippen LogP contribution >= 0.6 is 0 Å². The Morgan fingerprint density at radius 3 is 2.78 bits per heavy atom. The number of hydrogen-bond acceptors (Lipinski definition) is 3. The smallest absolute Gasteiger partial charge is 0.246 e. The van der Waals surface area contributed by atoms with Gasteiger partial charge in [-0.1, -0.05) is 12.1 Å². The van der Waals surface area contributed by atoms with Gasteiger partial charge in [-0.25, -0.2) is 12.8 Å². The molecule has 1 fully saturated rings. The van der Waals surface area contributed by atoms with Gasteiger partial charge in [0, 0.05) is 13.1 Å². The number of halogens is 1. The number of rotatable bonds is 3. The average Bonchev–Trinajstić information content (AvgIpc) is 2.77. The van der Waals surface area contributed by atoms with Crippen LogP contribution in [-0.4, -0.2) is 32.4 Å². The molecule has 18 heavy (non-hydrogen) atoms.